The van der Waals surface area contributed by atoms with Crippen LogP contribution in [0.4, 0.5) is 0 Å². The second-order valence-corrected chi connectivity index (χ2v) is 10.3. The second kappa shape index (κ2) is 9.38. The van der Waals surface area contributed by atoms with E-state index in [0.29, 0.717) is 44.2 Å². The molecule has 170 valence electrons. The minimum absolute atomic E-state index is 0.0386. The molecule has 2 aliphatic rings. The Bertz CT molecular complexity index is 979. The largest absolute Gasteiger partial charge is 0.389 e. The van der Waals surface area contributed by atoms with Crippen molar-refractivity contribution in [3.05, 3.63) is 46.8 Å². The second-order valence-electron chi connectivity index (χ2n) is 8.42. The Hall–Kier alpha value is -1.78. The number of nitrogens with zero attached hydrogens (tertiary/aromatic N) is 3. The summed E-state index contributed by atoms with van der Waals surface area (Å²) in [6, 6.07) is 8.36. The molecule has 4 rings (SSSR count). The van der Waals surface area contributed by atoms with Gasteiger partial charge in [-0.1, -0.05) is 29.4 Å². The lowest BCUT2D eigenvalue weighted by Crippen LogP contribution is -2.50. The van der Waals surface area contributed by atoms with Gasteiger partial charge in [0.15, 0.2) is 5.76 Å². The van der Waals surface area contributed by atoms with Crippen LogP contribution in [0, 0.1) is 13.8 Å². The van der Waals surface area contributed by atoms with Gasteiger partial charge in [0.1, 0.15) is 10.6 Å². The van der Waals surface area contributed by atoms with E-state index in [1.54, 1.807) is 13.8 Å². The first-order valence-corrected chi connectivity index (χ1v) is 12.3. The van der Waals surface area contributed by atoms with Crippen LogP contribution in [0.15, 0.2) is 33.7 Å². The minimum atomic E-state index is -3.62. The van der Waals surface area contributed by atoms with E-state index in [2.05, 4.69) is 28.3 Å². The minimum Gasteiger partial charge on any atom is -0.389 e. The highest BCUT2D eigenvalue weighted by Crippen LogP contribution is 2.32. The van der Waals surface area contributed by atoms with Gasteiger partial charge in [0.2, 0.25) is 10.0 Å². The fourth-order valence-electron chi connectivity index (χ4n) is 4.58. The Labute approximate surface area is 183 Å². The molecule has 1 saturated heterocycles. The quantitative estimate of drug-likeness (QED) is 0.691. The molecular formula is C22H31N3O5S. The van der Waals surface area contributed by atoms with E-state index in [1.807, 2.05) is 6.07 Å². The molecule has 2 heterocycles. The summed E-state index contributed by atoms with van der Waals surface area (Å²) < 4.78 is 38.4. The van der Waals surface area contributed by atoms with Crippen LogP contribution in [0.2, 0.25) is 0 Å². The fraction of sp³-hybridized carbons (Fsp3) is 0.591. The van der Waals surface area contributed by atoms with E-state index in [9.17, 15) is 13.5 Å². The average molecular weight is 450 g/mol. The predicted molar refractivity (Wildman–Crippen MR) is 115 cm³/mol. The van der Waals surface area contributed by atoms with Crippen LogP contribution in [-0.2, 0) is 21.2 Å². The van der Waals surface area contributed by atoms with E-state index >= 15 is 0 Å². The monoisotopic (exact) mass is 449 g/mol. The normalized spacial score (nSPS) is 21.7. The molecule has 1 aromatic carbocycles. The molecule has 2 aromatic rings. The fourth-order valence-corrected chi connectivity index (χ4v) is 6.30. The molecular weight excluding hydrogens is 418 g/mol. The van der Waals surface area contributed by atoms with Crippen LogP contribution in [0.25, 0.3) is 0 Å². The number of piperazine rings is 1. The summed E-state index contributed by atoms with van der Waals surface area (Å²) in [5.41, 5.74) is 2.96. The number of aliphatic hydroxyl groups excluding tert-OH is 1. The van der Waals surface area contributed by atoms with E-state index in [4.69, 9.17) is 9.26 Å². The Balaban J connectivity index is 1.27. The first-order valence-electron chi connectivity index (χ1n) is 10.9. The van der Waals surface area contributed by atoms with Crippen molar-refractivity contribution < 1.29 is 22.8 Å². The molecule has 0 unspecified atom stereocenters. The molecule has 1 N–H and O–H groups in total. The van der Waals surface area contributed by atoms with Crippen molar-refractivity contribution in [1.29, 1.82) is 0 Å². The number of ether oxygens (including phenoxy) is 1. The van der Waals surface area contributed by atoms with E-state index < -0.39 is 16.1 Å². The molecule has 0 radical (unpaired) electrons. The Morgan fingerprint density at radius 1 is 1.23 bits per heavy atom. The van der Waals surface area contributed by atoms with Gasteiger partial charge in [-0.05, 0) is 44.2 Å². The number of aryl methyl sites for hydroxylation is 3. The number of benzene rings is 1. The van der Waals surface area contributed by atoms with Crippen molar-refractivity contribution in [3.8, 4) is 0 Å². The Kier molecular flexibility index (Phi) is 6.78. The first-order chi connectivity index (χ1) is 14.9. The summed E-state index contributed by atoms with van der Waals surface area (Å²) in [4.78, 5) is 2.25. The molecule has 1 aromatic heterocycles. The number of hydrogen-bond acceptors (Lipinski definition) is 7. The van der Waals surface area contributed by atoms with Crippen molar-refractivity contribution in [1.82, 2.24) is 14.4 Å². The molecule has 8 nitrogen and oxygen atoms in total. The van der Waals surface area contributed by atoms with Crippen LogP contribution >= 0.6 is 0 Å². The molecule has 0 saturated carbocycles. The van der Waals surface area contributed by atoms with Crippen LogP contribution in [0.1, 0.15) is 41.5 Å². The van der Waals surface area contributed by atoms with Gasteiger partial charge in [-0.3, -0.25) is 4.90 Å². The number of aromatic nitrogens is 1. The lowest BCUT2D eigenvalue weighted by Gasteiger charge is -2.35. The van der Waals surface area contributed by atoms with Crippen LogP contribution in [0.5, 0.6) is 0 Å². The van der Waals surface area contributed by atoms with E-state index in [1.165, 1.54) is 15.4 Å². The third kappa shape index (κ3) is 4.85. The van der Waals surface area contributed by atoms with Crippen molar-refractivity contribution in [3.63, 3.8) is 0 Å². The molecule has 0 amide bonds. The van der Waals surface area contributed by atoms with Crippen molar-refractivity contribution in [2.24, 2.45) is 0 Å². The van der Waals surface area contributed by atoms with Crippen molar-refractivity contribution in [2.75, 3.05) is 39.3 Å². The van der Waals surface area contributed by atoms with Crippen LogP contribution in [0.3, 0.4) is 0 Å². The van der Waals surface area contributed by atoms with E-state index in [-0.39, 0.29) is 17.6 Å². The zero-order valence-electron chi connectivity index (χ0n) is 18.2. The summed E-state index contributed by atoms with van der Waals surface area (Å²) in [7, 11) is -3.62. The maximum Gasteiger partial charge on any atom is 0.248 e. The average Bonchev–Trinajstić information content (AvgIpc) is 3.11. The summed E-state index contributed by atoms with van der Waals surface area (Å²) in [5.74, 6) is 0.316. The molecule has 1 aliphatic carbocycles. The van der Waals surface area contributed by atoms with Gasteiger partial charge in [-0.15, -0.1) is 0 Å². The lowest BCUT2D eigenvalue weighted by atomic mass is 9.89. The number of β-amino-alcohol motifs (C(OH)–C–C–N with tert-alkyl or cyclic N) is 1. The van der Waals surface area contributed by atoms with Gasteiger partial charge in [-0.2, -0.15) is 4.31 Å². The van der Waals surface area contributed by atoms with Gasteiger partial charge in [-0.25, -0.2) is 8.42 Å². The third-order valence-corrected chi connectivity index (χ3v) is 8.31. The summed E-state index contributed by atoms with van der Waals surface area (Å²) in [6.45, 7) is 5.86. The predicted octanol–water partition coefficient (Wildman–Crippen LogP) is 2.05. The molecule has 0 spiro atoms. The summed E-state index contributed by atoms with van der Waals surface area (Å²) in [6.07, 6.45) is 2.58. The number of rotatable bonds is 7. The van der Waals surface area contributed by atoms with Gasteiger partial charge in [0.05, 0.1) is 18.8 Å². The highest BCUT2D eigenvalue weighted by molar-refractivity contribution is 7.89. The van der Waals surface area contributed by atoms with Gasteiger partial charge in [0, 0.05) is 32.7 Å². The number of fused-ring (bicyclic) bond motifs is 1. The maximum absolute atomic E-state index is 12.9. The Morgan fingerprint density at radius 2 is 1.97 bits per heavy atom. The topological polar surface area (TPSA) is 96.1 Å². The highest BCUT2D eigenvalue weighted by atomic mass is 32.2. The van der Waals surface area contributed by atoms with Gasteiger partial charge in [0.25, 0.3) is 0 Å². The molecule has 9 heteroatoms. The van der Waals surface area contributed by atoms with Crippen LogP contribution in [-0.4, -0.2) is 73.3 Å². The zero-order valence-corrected chi connectivity index (χ0v) is 19.0. The number of sulfonamides is 1. The highest BCUT2D eigenvalue weighted by Gasteiger charge is 2.33. The molecule has 1 fully saturated rings. The molecule has 31 heavy (non-hydrogen) atoms. The van der Waals surface area contributed by atoms with Crippen molar-refractivity contribution in [2.45, 2.75) is 50.2 Å². The smallest absolute Gasteiger partial charge is 0.248 e. The third-order valence-electron chi connectivity index (χ3n) is 6.17. The lowest BCUT2D eigenvalue weighted by molar-refractivity contribution is -0.0304. The summed E-state index contributed by atoms with van der Waals surface area (Å²) in [5, 5.41) is 14.3. The van der Waals surface area contributed by atoms with Crippen molar-refractivity contribution >= 4 is 10.0 Å². The molecule has 1 aliphatic heterocycles. The summed E-state index contributed by atoms with van der Waals surface area (Å²) >= 11 is 0. The molecule has 0 bridgehead atoms. The Morgan fingerprint density at radius 3 is 2.68 bits per heavy atom. The maximum atomic E-state index is 12.9. The zero-order chi connectivity index (χ0) is 22.0. The molecule has 2 atom stereocenters. The van der Waals surface area contributed by atoms with E-state index in [0.717, 1.165) is 19.3 Å². The van der Waals surface area contributed by atoms with Crippen LogP contribution < -0.4 is 0 Å². The van der Waals surface area contributed by atoms with Gasteiger partial charge >= 0.3 is 0 Å². The van der Waals surface area contributed by atoms with Gasteiger partial charge < -0.3 is 14.4 Å². The standard InChI is InChI=1S/C22H31N3O5S/c1-16-22(17(2)30-23-16)31(27,28)25-12-10-24(11-13-25)14-19(26)15-29-21-9-5-7-18-6-3-4-8-20(18)21/h3-4,6,8,19,21,26H,5,7,9-15H2,1-2H3/t19-,21-/m1/s1. The number of hydrogen-bond donors (Lipinski definition) is 1. The number of aliphatic hydroxyl groups is 1. The first kappa shape index (κ1) is 22.4. The SMILES string of the molecule is Cc1noc(C)c1S(=O)(=O)N1CCN(C[C@@H](O)CO[C@@H]2CCCc3ccccc32)CC1.